The smallest absolute Gasteiger partial charge is 0.263 e. The van der Waals surface area contributed by atoms with Gasteiger partial charge in [0.25, 0.3) is 11.8 Å². The molecule has 1 unspecified atom stereocenters. The molecule has 0 spiro atoms. The molecule has 0 bridgehead atoms. The molecule has 0 aromatic heterocycles. The van der Waals surface area contributed by atoms with Crippen molar-refractivity contribution < 1.29 is 14.4 Å². The van der Waals surface area contributed by atoms with Crippen LogP contribution in [-0.4, -0.2) is 35.2 Å². The third-order valence-electron chi connectivity index (χ3n) is 4.72. The summed E-state index contributed by atoms with van der Waals surface area (Å²) in [5, 5.41) is 0.227. The lowest BCUT2D eigenvalue weighted by Crippen LogP contribution is -2.45. The molecule has 0 saturated carbocycles. The first-order valence-corrected chi connectivity index (χ1v) is 8.41. The van der Waals surface area contributed by atoms with Crippen molar-refractivity contribution in [3.05, 3.63) is 64.2 Å². The van der Waals surface area contributed by atoms with Gasteiger partial charge in [-0.25, -0.2) is 0 Å². The molecule has 0 N–H and O–H groups in total. The number of imide groups is 1. The summed E-state index contributed by atoms with van der Waals surface area (Å²) in [5.41, 5.74) is 2.36. The van der Waals surface area contributed by atoms with E-state index in [1.165, 1.54) is 0 Å². The van der Waals surface area contributed by atoms with E-state index in [9.17, 15) is 14.4 Å². The highest BCUT2D eigenvalue weighted by molar-refractivity contribution is 6.37. The van der Waals surface area contributed by atoms with E-state index in [2.05, 4.69) is 0 Å². The Morgan fingerprint density at radius 2 is 1.88 bits per heavy atom. The quantitative estimate of drug-likeness (QED) is 0.779. The first kappa shape index (κ1) is 15.8. The minimum Gasteiger partial charge on any atom is -0.307 e. The summed E-state index contributed by atoms with van der Waals surface area (Å²) in [5.74, 6) is -1.27. The number of rotatable bonds is 2. The molecular weight excluding hydrogens is 340 g/mol. The second kappa shape index (κ2) is 5.70. The molecule has 6 heteroatoms. The van der Waals surface area contributed by atoms with Crippen molar-refractivity contribution in [1.29, 1.82) is 0 Å². The van der Waals surface area contributed by atoms with Gasteiger partial charge in [0.15, 0.2) is 0 Å². The van der Waals surface area contributed by atoms with Crippen molar-refractivity contribution in [3.8, 4) is 0 Å². The predicted molar refractivity (Wildman–Crippen MR) is 93.9 cm³/mol. The Bertz CT molecular complexity index is 925. The maximum atomic E-state index is 12.8. The van der Waals surface area contributed by atoms with E-state index in [0.29, 0.717) is 0 Å². The van der Waals surface area contributed by atoms with Crippen molar-refractivity contribution in [1.82, 2.24) is 4.90 Å². The number of hydrogen-bond donors (Lipinski definition) is 0. The fraction of sp³-hybridized carbons (Fsp3) is 0.211. The highest BCUT2D eigenvalue weighted by atomic mass is 35.5. The Morgan fingerprint density at radius 3 is 2.64 bits per heavy atom. The number of fused-ring (bicyclic) bond motifs is 2. The number of carbonyl (C=O) groups excluding carboxylic acids is 3. The molecule has 126 valence electrons. The standard InChI is InChI=1S/C19H15ClN2O3/c1-11-9-12-5-2-3-8-15(12)22(11)16(23)10-21-18(24)13-6-4-7-14(20)17(13)19(21)25/h2-8,11H,9-10H2,1H3. The molecule has 2 aliphatic rings. The molecule has 3 amide bonds. The number of amides is 3. The van der Waals surface area contributed by atoms with Crippen molar-refractivity contribution in [2.45, 2.75) is 19.4 Å². The largest absolute Gasteiger partial charge is 0.307 e. The predicted octanol–water partition coefficient (Wildman–Crippen LogP) is 2.91. The molecule has 0 radical (unpaired) electrons. The number of benzene rings is 2. The van der Waals surface area contributed by atoms with E-state index in [-0.39, 0.29) is 34.6 Å². The number of halogens is 1. The zero-order valence-corrected chi connectivity index (χ0v) is 14.3. The van der Waals surface area contributed by atoms with Crippen molar-refractivity contribution >= 4 is 35.0 Å². The zero-order chi connectivity index (χ0) is 17.7. The number of hydrogen-bond acceptors (Lipinski definition) is 3. The summed E-state index contributed by atoms with van der Waals surface area (Å²) in [6.07, 6.45) is 0.760. The van der Waals surface area contributed by atoms with Crippen molar-refractivity contribution in [3.63, 3.8) is 0 Å². The minimum atomic E-state index is -0.515. The molecule has 25 heavy (non-hydrogen) atoms. The van der Waals surface area contributed by atoms with Crippen LogP contribution >= 0.6 is 11.6 Å². The average Bonchev–Trinajstić information content (AvgIpc) is 3.04. The van der Waals surface area contributed by atoms with E-state index in [4.69, 9.17) is 11.6 Å². The van der Waals surface area contributed by atoms with Gasteiger partial charge in [0.05, 0.1) is 16.1 Å². The number of anilines is 1. The van der Waals surface area contributed by atoms with Gasteiger partial charge < -0.3 is 4.90 Å². The number of para-hydroxylation sites is 1. The SMILES string of the molecule is CC1Cc2ccccc2N1C(=O)CN1C(=O)c2cccc(Cl)c2C1=O. The van der Waals surface area contributed by atoms with E-state index in [1.54, 1.807) is 23.1 Å². The van der Waals surface area contributed by atoms with Gasteiger partial charge in [-0.2, -0.15) is 0 Å². The fourth-order valence-corrected chi connectivity index (χ4v) is 3.85. The lowest BCUT2D eigenvalue weighted by molar-refractivity contribution is -0.119. The molecule has 2 aromatic carbocycles. The van der Waals surface area contributed by atoms with Crippen molar-refractivity contribution in [2.75, 3.05) is 11.4 Å². The Balaban J connectivity index is 1.62. The first-order valence-electron chi connectivity index (χ1n) is 8.03. The van der Waals surface area contributed by atoms with Crippen LogP contribution < -0.4 is 4.90 Å². The van der Waals surface area contributed by atoms with E-state index in [0.717, 1.165) is 22.6 Å². The van der Waals surface area contributed by atoms with Gasteiger partial charge >= 0.3 is 0 Å². The van der Waals surface area contributed by atoms with E-state index >= 15 is 0 Å². The molecule has 1 atom stereocenters. The van der Waals surface area contributed by atoms with Crippen LogP contribution in [0, 0.1) is 0 Å². The third-order valence-corrected chi connectivity index (χ3v) is 5.03. The Morgan fingerprint density at radius 1 is 1.12 bits per heavy atom. The second-order valence-corrected chi connectivity index (χ2v) is 6.71. The molecule has 0 aliphatic carbocycles. The average molecular weight is 355 g/mol. The van der Waals surface area contributed by atoms with Crippen LogP contribution in [0.4, 0.5) is 5.69 Å². The van der Waals surface area contributed by atoms with E-state index < -0.39 is 11.8 Å². The molecule has 0 saturated heterocycles. The molecule has 5 nitrogen and oxygen atoms in total. The topological polar surface area (TPSA) is 57.7 Å². The van der Waals surface area contributed by atoms with Crippen molar-refractivity contribution in [2.24, 2.45) is 0 Å². The summed E-state index contributed by atoms with van der Waals surface area (Å²) >= 11 is 6.05. The summed E-state index contributed by atoms with van der Waals surface area (Å²) in [6.45, 7) is 1.67. The number of carbonyl (C=O) groups is 3. The van der Waals surface area contributed by atoms with Gasteiger partial charge in [-0.05, 0) is 37.1 Å². The normalized spacial score (nSPS) is 18.6. The lowest BCUT2D eigenvalue weighted by atomic mass is 10.1. The van der Waals surface area contributed by atoms with Gasteiger partial charge in [-0.15, -0.1) is 0 Å². The van der Waals surface area contributed by atoms with Crippen LogP contribution in [-0.2, 0) is 11.2 Å². The Hall–Kier alpha value is -2.66. The van der Waals surface area contributed by atoms with Crippen LogP contribution in [0.5, 0.6) is 0 Å². The Labute approximate surface area is 149 Å². The summed E-state index contributed by atoms with van der Waals surface area (Å²) in [7, 11) is 0. The van der Waals surface area contributed by atoms with Gasteiger partial charge in [0.2, 0.25) is 5.91 Å². The van der Waals surface area contributed by atoms with Gasteiger partial charge in [-0.1, -0.05) is 35.9 Å². The highest BCUT2D eigenvalue weighted by Gasteiger charge is 2.40. The van der Waals surface area contributed by atoms with E-state index in [1.807, 2.05) is 31.2 Å². The first-order chi connectivity index (χ1) is 12.0. The van der Waals surface area contributed by atoms with Crippen LogP contribution in [0.2, 0.25) is 5.02 Å². The molecule has 2 aliphatic heterocycles. The minimum absolute atomic E-state index is 0.0105. The maximum absolute atomic E-state index is 12.8. The second-order valence-electron chi connectivity index (χ2n) is 6.30. The summed E-state index contributed by atoms with van der Waals surface area (Å²) in [4.78, 5) is 40.6. The maximum Gasteiger partial charge on any atom is 0.263 e. The van der Waals surface area contributed by atoms with Crippen LogP contribution in [0.15, 0.2) is 42.5 Å². The van der Waals surface area contributed by atoms with Crippen LogP contribution in [0.3, 0.4) is 0 Å². The number of nitrogens with zero attached hydrogens (tertiary/aromatic N) is 2. The molecule has 0 fully saturated rings. The molecule has 4 rings (SSSR count). The fourth-order valence-electron chi connectivity index (χ4n) is 3.59. The Kier molecular flexibility index (Phi) is 3.62. The zero-order valence-electron chi connectivity index (χ0n) is 13.5. The van der Waals surface area contributed by atoms with Gasteiger partial charge in [0.1, 0.15) is 6.54 Å². The lowest BCUT2D eigenvalue weighted by Gasteiger charge is -2.25. The molecular formula is C19H15ClN2O3. The molecule has 2 heterocycles. The van der Waals surface area contributed by atoms with Gasteiger partial charge in [0, 0.05) is 11.7 Å². The summed E-state index contributed by atoms with van der Waals surface area (Å²) < 4.78 is 0. The van der Waals surface area contributed by atoms with Gasteiger partial charge in [-0.3, -0.25) is 19.3 Å². The van der Waals surface area contributed by atoms with Crippen LogP contribution in [0.25, 0.3) is 0 Å². The highest BCUT2D eigenvalue weighted by Crippen LogP contribution is 2.33. The molecule has 2 aromatic rings. The summed E-state index contributed by atoms with van der Waals surface area (Å²) in [6, 6.07) is 12.4. The monoisotopic (exact) mass is 354 g/mol. The third kappa shape index (κ3) is 2.35. The van der Waals surface area contributed by atoms with Crippen LogP contribution in [0.1, 0.15) is 33.2 Å².